The molecular formula is C17H14BrFN2. The molecule has 1 heterocycles. The highest BCUT2D eigenvalue weighted by Gasteiger charge is 2.06. The van der Waals surface area contributed by atoms with Crippen LogP contribution in [0.2, 0.25) is 0 Å². The van der Waals surface area contributed by atoms with Crippen molar-refractivity contribution in [2.45, 2.75) is 13.5 Å². The quantitative estimate of drug-likeness (QED) is 0.718. The first kappa shape index (κ1) is 14.0. The van der Waals surface area contributed by atoms with Crippen molar-refractivity contribution in [2.75, 3.05) is 5.32 Å². The highest BCUT2D eigenvalue weighted by atomic mass is 79.9. The summed E-state index contributed by atoms with van der Waals surface area (Å²) < 4.78 is 14.6. The minimum absolute atomic E-state index is 0.264. The van der Waals surface area contributed by atoms with Crippen LogP contribution < -0.4 is 5.32 Å². The van der Waals surface area contributed by atoms with Gasteiger partial charge in [-0.1, -0.05) is 34.1 Å². The Balaban J connectivity index is 1.91. The predicted molar refractivity (Wildman–Crippen MR) is 87.9 cm³/mol. The highest BCUT2D eigenvalue weighted by molar-refractivity contribution is 9.10. The molecule has 0 bridgehead atoms. The third-order valence-corrected chi connectivity index (χ3v) is 3.82. The van der Waals surface area contributed by atoms with Gasteiger partial charge < -0.3 is 5.32 Å². The van der Waals surface area contributed by atoms with E-state index in [1.807, 2.05) is 43.3 Å². The summed E-state index contributed by atoms with van der Waals surface area (Å²) in [6, 6.07) is 15.0. The van der Waals surface area contributed by atoms with E-state index >= 15 is 0 Å². The SMILES string of the molecule is Cc1cc(CNc2ccc(Br)cc2F)c2ccccc2n1. The summed E-state index contributed by atoms with van der Waals surface area (Å²) in [5.74, 6) is -0.264. The van der Waals surface area contributed by atoms with Gasteiger partial charge in [0, 0.05) is 22.1 Å². The molecule has 0 fully saturated rings. The van der Waals surface area contributed by atoms with Gasteiger partial charge in [0.25, 0.3) is 0 Å². The number of aromatic nitrogens is 1. The van der Waals surface area contributed by atoms with Gasteiger partial charge in [-0.15, -0.1) is 0 Å². The van der Waals surface area contributed by atoms with Crippen LogP contribution in [0.3, 0.4) is 0 Å². The lowest BCUT2D eigenvalue weighted by Crippen LogP contribution is -2.03. The van der Waals surface area contributed by atoms with E-state index in [-0.39, 0.29) is 5.82 Å². The lowest BCUT2D eigenvalue weighted by atomic mass is 10.1. The van der Waals surface area contributed by atoms with Gasteiger partial charge in [0.2, 0.25) is 0 Å². The van der Waals surface area contributed by atoms with Crippen molar-refractivity contribution < 1.29 is 4.39 Å². The first-order valence-electron chi connectivity index (χ1n) is 6.68. The summed E-state index contributed by atoms with van der Waals surface area (Å²) in [4.78, 5) is 4.51. The third-order valence-electron chi connectivity index (χ3n) is 3.33. The third kappa shape index (κ3) is 3.05. The van der Waals surface area contributed by atoms with E-state index in [9.17, 15) is 4.39 Å². The fraction of sp³-hybridized carbons (Fsp3) is 0.118. The van der Waals surface area contributed by atoms with Crippen LogP contribution >= 0.6 is 15.9 Å². The molecule has 3 rings (SSSR count). The Bertz CT molecular complexity index is 802. The van der Waals surface area contributed by atoms with E-state index in [1.165, 1.54) is 6.07 Å². The molecule has 21 heavy (non-hydrogen) atoms. The van der Waals surface area contributed by atoms with Crippen LogP contribution in [-0.4, -0.2) is 4.98 Å². The van der Waals surface area contributed by atoms with Crippen molar-refractivity contribution in [3.63, 3.8) is 0 Å². The lowest BCUT2D eigenvalue weighted by molar-refractivity contribution is 0.629. The molecule has 0 spiro atoms. The Labute approximate surface area is 131 Å². The number of nitrogens with zero attached hydrogens (tertiary/aromatic N) is 1. The molecule has 1 N–H and O–H groups in total. The summed E-state index contributed by atoms with van der Waals surface area (Å²) in [5, 5.41) is 4.24. The molecular weight excluding hydrogens is 331 g/mol. The summed E-state index contributed by atoms with van der Waals surface area (Å²) >= 11 is 3.26. The fourth-order valence-electron chi connectivity index (χ4n) is 2.36. The average molecular weight is 345 g/mol. The summed E-state index contributed by atoms with van der Waals surface area (Å²) in [6.07, 6.45) is 0. The van der Waals surface area contributed by atoms with Gasteiger partial charge in [-0.2, -0.15) is 0 Å². The number of pyridine rings is 1. The van der Waals surface area contributed by atoms with Gasteiger partial charge >= 0.3 is 0 Å². The Morgan fingerprint density at radius 3 is 2.76 bits per heavy atom. The average Bonchev–Trinajstić information content (AvgIpc) is 2.46. The van der Waals surface area contributed by atoms with E-state index in [2.05, 4.69) is 26.2 Å². The van der Waals surface area contributed by atoms with Gasteiger partial charge in [-0.05, 0) is 42.8 Å². The number of nitrogens with one attached hydrogen (secondary N) is 1. The zero-order chi connectivity index (χ0) is 14.8. The number of benzene rings is 2. The largest absolute Gasteiger partial charge is 0.379 e. The zero-order valence-corrected chi connectivity index (χ0v) is 13.1. The van der Waals surface area contributed by atoms with E-state index in [0.29, 0.717) is 12.2 Å². The highest BCUT2D eigenvalue weighted by Crippen LogP contribution is 2.22. The van der Waals surface area contributed by atoms with E-state index in [4.69, 9.17) is 0 Å². The molecule has 0 amide bonds. The van der Waals surface area contributed by atoms with Crippen LogP contribution in [0.25, 0.3) is 10.9 Å². The molecule has 1 aromatic heterocycles. The van der Waals surface area contributed by atoms with Crippen LogP contribution in [0.15, 0.2) is 53.0 Å². The maximum Gasteiger partial charge on any atom is 0.147 e. The van der Waals surface area contributed by atoms with Crippen LogP contribution in [0.4, 0.5) is 10.1 Å². The Kier molecular flexibility index (Phi) is 3.88. The van der Waals surface area contributed by atoms with Crippen molar-refractivity contribution in [1.29, 1.82) is 0 Å². The number of rotatable bonds is 3. The van der Waals surface area contributed by atoms with Crippen molar-refractivity contribution in [3.05, 3.63) is 70.1 Å². The van der Waals surface area contributed by atoms with E-state index < -0.39 is 0 Å². The maximum atomic E-state index is 13.8. The number of anilines is 1. The molecule has 2 nitrogen and oxygen atoms in total. The molecule has 4 heteroatoms. The van der Waals surface area contributed by atoms with Gasteiger partial charge in [0.15, 0.2) is 0 Å². The van der Waals surface area contributed by atoms with Crippen LogP contribution in [0.1, 0.15) is 11.3 Å². The standard InChI is InChI=1S/C17H14BrFN2/c1-11-8-12(14-4-2-3-5-16(14)21-11)10-20-17-7-6-13(18)9-15(17)19/h2-9,20H,10H2,1H3. The first-order chi connectivity index (χ1) is 10.1. The number of hydrogen-bond acceptors (Lipinski definition) is 2. The number of halogens is 2. The van der Waals surface area contributed by atoms with Gasteiger partial charge in [-0.25, -0.2) is 4.39 Å². The Morgan fingerprint density at radius 1 is 1.14 bits per heavy atom. The van der Waals surface area contributed by atoms with E-state index in [1.54, 1.807) is 6.07 Å². The van der Waals surface area contributed by atoms with Crippen molar-refractivity contribution in [1.82, 2.24) is 4.98 Å². The summed E-state index contributed by atoms with van der Waals surface area (Å²) in [6.45, 7) is 2.53. The second-order valence-electron chi connectivity index (χ2n) is 4.92. The van der Waals surface area contributed by atoms with Crippen molar-refractivity contribution >= 4 is 32.5 Å². The molecule has 0 aliphatic rings. The van der Waals surface area contributed by atoms with Crippen LogP contribution in [0.5, 0.6) is 0 Å². The van der Waals surface area contributed by atoms with Crippen molar-refractivity contribution in [2.24, 2.45) is 0 Å². The minimum atomic E-state index is -0.264. The molecule has 0 unspecified atom stereocenters. The summed E-state index contributed by atoms with van der Waals surface area (Å²) in [7, 11) is 0. The smallest absolute Gasteiger partial charge is 0.147 e. The van der Waals surface area contributed by atoms with Gasteiger partial charge in [-0.3, -0.25) is 4.98 Å². The fourth-order valence-corrected chi connectivity index (χ4v) is 2.70. The summed E-state index contributed by atoms with van der Waals surface area (Å²) in [5.41, 5.74) is 3.53. The molecule has 0 saturated carbocycles. The molecule has 106 valence electrons. The zero-order valence-electron chi connectivity index (χ0n) is 11.5. The normalized spacial score (nSPS) is 10.8. The monoisotopic (exact) mass is 344 g/mol. The van der Waals surface area contributed by atoms with Gasteiger partial charge in [0.05, 0.1) is 11.2 Å². The molecule has 0 aliphatic carbocycles. The first-order valence-corrected chi connectivity index (χ1v) is 7.47. The second kappa shape index (κ2) is 5.82. The minimum Gasteiger partial charge on any atom is -0.379 e. The molecule has 0 aliphatic heterocycles. The van der Waals surface area contributed by atoms with Crippen LogP contribution in [-0.2, 0) is 6.54 Å². The number of fused-ring (bicyclic) bond motifs is 1. The Hall–Kier alpha value is -1.94. The van der Waals surface area contributed by atoms with Crippen LogP contribution in [0, 0.1) is 12.7 Å². The maximum absolute atomic E-state index is 13.8. The second-order valence-corrected chi connectivity index (χ2v) is 5.83. The molecule has 2 aromatic carbocycles. The molecule has 0 atom stereocenters. The number of hydrogen-bond donors (Lipinski definition) is 1. The number of aryl methyl sites for hydroxylation is 1. The van der Waals surface area contributed by atoms with Crippen molar-refractivity contribution in [3.8, 4) is 0 Å². The lowest BCUT2D eigenvalue weighted by Gasteiger charge is -2.11. The molecule has 0 saturated heterocycles. The number of para-hydroxylation sites is 1. The molecule has 3 aromatic rings. The topological polar surface area (TPSA) is 24.9 Å². The predicted octanol–water partition coefficient (Wildman–Crippen LogP) is 5.06. The van der Waals surface area contributed by atoms with Gasteiger partial charge in [0.1, 0.15) is 5.82 Å². The molecule has 0 radical (unpaired) electrons. The van der Waals surface area contributed by atoms with E-state index in [0.717, 1.165) is 26.6 Å². The Morgan fingerprint density at radius 2 is 1.95 bits per heavy atom.